The second-order valence-electron chi connectivity index (χ2n) is 5.07. The highest BCUT2D eigenvalue weighted by atomic mass is 16.2. The molecule has 0 fully saturated rings. The number of carbonyl (C=O) groups is 1. The average molecular weight is 270 g/mol. The van der Waals surface area contributed by atoms with Gasteiger partial charge in [-0.05, 0) is 36.2 Å². The van der Waals surface area contributed by atoms with Gasteiger partial charge in [0.05, 0.1) is 0 Å². The molecule has 0 aliphatic heterocycles. The van der Waals surface area contributed by atoms with Gasteiger partial charge in [-0.2, -0.15) is 0 Å². The molecule has 0 saturated carbocycles. The summed E-state index contributed by atoms with van der Waals surface area (Å²) >= 11 is 0. The molecular formula is C17H22N2O. The van der Waals surface area contributed by atoms with E-state index < -0.39 is 0 Å². The van der Waals surface area contributed by atoms with Crippen LogP contribution in [0.2, 0.25) is 0 Å². The van der Waals surface area contributed by atoms with Gasteiger partial charge in [0.2, 0.25) is 5.91 Å². The molecule has 106 valence electrons. The fourth-order valence-electron chi connectivity index (χ4n) is 2.14. The lowest BCUT2D eigenvalue weighted by Crippen LogP contribution is -2.37. The van der Waals surface area contributed by atoms with Gasteiger partial charge >= 0.3 is 0 Å². The Balaban J connectivity index is 1.98. The molecule has 0 unspecified atom stereocenters. The van der Waals surface area contributed by atoms with Gasteiger partial charge in [-0.15, -0.1) is 0 Å². The number of amides is 1. The number of hydrogen-bond donors (Lipinski definition) is 2. The normalized spacial score (nSPS) is 12.1. The van der Waals surface area contributed by atoms with E-state index >= 15 is 0 Å². The van der Waals surface area contributed by atoms with Crippen molar-refractivity contribution in [2.75, 3.05) is 11.9 Å². The van der Waals surface area contributed by atoms with E-state index in [2.05, 4.69) is 41.8 Å². The van der Waals surface area contributed by atoms with Crippen molar-refractivity contribution in [1.82, 2.24) is 5.32 Å². The molecule has 2 rings (SSSR count). The number of rotatable bonds is 6. The van der Waals surface area contributed by atoms with Crippen LogP contribution in [0.3, 0.4) is 0 Å². The molecule has 0 saturated heterocycles. The van der Waals surface area contributed by atoms with E-state index in [1.807, 2.05) is 25.1 Å². The van der Waals surface area contributed by atoms with E-state index in [1.165, 1.54) is 10.8 Å². The van der Waals surface area contributed by atoms with Crippen molar-refractivity contribution < 1.29 is 4.79 Å². The Morgan fingerprint density at radius 3 is 2.65 bits per heavy atom. The maximum Gasteiger partial charge on any atom is 0.242 e. The standard InChI is InChI=1S/C17H22N2O/c1-3-4-11-18-17(20)13(2)19-16-10-9-14-7-5-6-8-15(14)12-16/h5-10,12-13,19H,3-4,11H2,1-2H3,(H,18,20)/t13-/m0/s1. The van der Waals surface area contributed by atoms with Crippen molar-refractivity contribution in [3.05, 3.63) is 42.5 Å². The second kappa shape index (κ2) is 6.94. The molecule has 0 radical (unpaired) electrons. The van der Waals surface area contributed by atoms with Gasteiger partial charge in [-0.3, -0.25) is 4.79 Å². The highest BCUT2D eigenvalue weighted by Crippen LogP contribution is 2.19. The Labute approximate surface area is 120 Å². The van der Waals surface area contributed by atoms with E-state index in [0.717, 1.165) is 25.1 Å². The van der Waals surface area contributed by atoms with E-state index in [4.69, 9.17) is 0 Å². The molecule has 0 heterocycles. The van der Waals surface area contributed by atoms with Crippen LogP contribution in [0, 0.1) is 0 Å². The lowest BCUT2D eigenvalue weighted by Gasteiger charge is -2.15. The number of benzene rings is 2. The third-order valence-electron chi connectivity index (χ3n) is 3.36. The first-order valence-electron chi connectivity index (χ1n) is 7.23. The van der Waals surface area contributed by atoms with Gasteiger partial charge < -0.3 is 10.6 Å². The number of nitrogens with one attached hydrogen (secondary N) is 2. The maximum atomic E-state index is 11.9. The Hall–Kier alpha value is -2.03. The molecule has 0 aromatic heterocycles. The first-order chi connectivity index (χ1) is 9.70. The summed E-state index contributed by atoms with van der Waals surface area (Å²) < 4.78 is 0. The van der Waals surface area contributed by atoms with Crippen LogP contribution >= 0.6 is 0 Å². The predicted octanol–water partition coefficient (Wildman–Crippen LogP) is 3.56. The monoisotopic (exact) mass is 270 g/mol. The molecule has 0 aliphatic carbocycles. The van der Waals surface area contributed by atoms with Crippen LogP contribution in [0.15, 0.2) is 42.5 Å². The summed E-state index contributed by atoms with van der Waals surface area (Å²) in [7, 11) is 0. The molecule has 1 atom stereocenters. The third kappa shape index (κ3) is 3.73. The van der Waals surface area contributed by atoms with Crippen LogP contribution in [0.1, 0.15) is 26.7 Å². The smallest absolute Gasteiger partial charge is 0.242 e. The van der Waals surface area contributed by atoms with Gasteiger partial charge in [0.1, 0.15) is 6.04 Å². The van der Waals surface area contributed by atoms with Gasteiger partial charge in [-0.1, -0.05) is 43.7 Å². The van der Waals surface area contributed by atoms with Crippen molar-refractivity contribution >= 4 is 22.4 Å². The topological polar surface area (TPSA) is 41.1 Å². The first kappa shape index (κ1) is 14.4. The molecule has 2 N–H and O–H groups in total. The lowest BCUT2D eigenvalue weighted by molar-refractivity contribution is -0.121. The summed E-state index contributed by atoms with van der Waals surface area (Å²) in [5.41, 5.74) is 0.974. The quantitative estimate of drug-likeness (QED) is 0.788. The van der Waals surface area contributed by atoms with Crippen LogP contribution in [0.25, 0.3) is 10.8 Å². The SMILES string of the molecule is CCCCNC(=O)[C@H](C)Nc1ccc2ccccc2c1. The van der Waals surface area contributed by atoms with Crippen molar-refractivity contribution in [3.63, 3.8) is 0 Å². The number of carbonyl (C=O) groups excluding carboxylic acids is 1. The Morgan fingerprint density at radius 2 is 1.90 bits per heavy atom. The Kier molecular flexibility index (Phi) is 4.99. The molecule has 2 aromatic carbocycles. The van der Waals surface area contributed by atoms with Crippen molar-refractivity contribution in [2.45, 2.75) is 32.7 Å². The largest absolute Gasteiger partial charge is 0.374 e. The Bertz CT molecular complexity index is 580. The molecule has 0 aliphatic rings. The molecule has 3 nitrogen and oxygen atoms in total. The summed E-state index contributed by atoms with van der Waals surface area (Å²) in [6, 6.07) is 14.1. The van der Waals surface area contributed by atoms with Gasteiger partial charge in [0.15, 0.2) is 0 Å². The fraction of sp³-hybridized carbons (Fsp3) is 0.353. The molecule has 0 bridgehead atoms. The van der Waals surface area contributed by atoms with Crippen molar-refractivity contribution in [1.29, 1.82) is 0 Å². The zero-order valence-corrected chi connectivity index (χ0v) is 12.1. The fourth-order valence-corrected chi connectivity index (χ4v) is 2.14. The van der Waals surface area contributed by atoms with Gasteiger partial charge in [0, 0.05) is 12.2 Å². The summed E-state index contributed by atoms with van der Waals surface area (Å²) in [4.78, 5) is 11.9. The molecule has 2 aromatic rings. The van der Waals surface area contributed by atoms with E-state index in [9.17, 15) is 4.79 Å². The number of fused-ring (bicyclic) bond motifs is 1. The van der Waals surface area contributed by atoms with Crippen LogP contribution < -0.4 is 10.6 Å². The summed E-state index contributed by atoms with van der Waals surface area (Å²) in [5.74, 6) is 0.0478. The first-order valence-corrected chi connectivity index (χ1v) is 7.23. The highest BCUT2D eigenvalue weighted by Gasteiger charge is 2.11. The summed E-state index contributed by atoms with van der Waals surface area (Å²) in [5, 5.41) is 8.57. The van der Waals surface area contributed by atoms with Crippen LogP contribution in [-0.2, 0) is 4.79 Å². The third-order valence-corrected chi connectivity index (χ3v) is 3.36. The highest BCUT2D eigenvalue weighted by molar-refractivity contribution is 5.88. The van der Waals surface area contributed by atoms with Crippen LogP contribution in [0.5, 0.6) is 0 Å². The minimum Gasteiger partial charge on any atom is -0.374 e. The van der Waals surface area contributed by atoms with Crippen molar-refractivity contribution in [3.8, 4) is 0 Å². The summed E-state index contributed by atoms with van der Waals surface area (Å²) in [6.07, 6.45) is 2.11. The number of unbranched alkanes of at least 4 members (excludes halogenated alkanes) is 1. The van der Waals surface area contributed by atoms with Gasteiger partial charge in [-0.25, -0.2) is 0 Å². The lowest BCUT2D eigenvalue weighted by atomic mass is 10.1. The summed E-state index contributed by atoms with van der Waals surface area (Å²) in [6.45, 7) is 4.75. The molecule has 3 heteroatoms. The zero-order valence-electron chi connectivity index (χ0n) is 12.1. The van der Waals surface area contributed by atoms with E-state index in [-0.39, 0.29) is 11.9 Å². The van der Waals surface area contributed by atoms with Crippen molar-refractivity contribution in [2.24, 2.45) is 0 Å². The minimum atomic E-state index is -0.229. The van der Waals surface area contributed by atoms with Gasteiger partial charge in [0.25, 0.3) is 0 Å². The zero-order chi connectivity index (χ0) is 14.4. The molecule has 0 spiro atoms. The van der Waals surface area contributed by atoms with Crippen LogP contribution in [-0.4, -0.2) is 18.5 Å². The minimum absolute atomic E-state index is 0.0478. The molecular weight excluding hydrogens is 248 g/mol. The average Bonchev–Trinajstić information content (AvgIpc) is 2.47. The predicted molar refractivity (Wildman–Crippen MR) is 85.0 cm³/mol. The molecule has 20 heavy (non-hydrogen) atoms. The Morgan fingerprint density at radius 1 is 1.15 bits per heavy atom. The number of hydrogen-bond acceptors (Lipinski definition) is 2. The van der Waals surface area contributed by atoms with Crippen LogP contribution in [0.4, 0.5) is 5.69 Å². The van der Waals surface area contributed by atoms with E-state index in [1.54, 1.807) is 0 Å². The second-order valence-corrected chi connectivity index (χ2v) is 5.07. The maximum absolute atomic E-state index is 11.9. The number of anilines is 1. The van der Waals surface area contributed by atoms with E-state index in [0.29, 0.717) is 0 Å². The molecule has 1 amide bonds.